The standard InChI is InChI=1S/C21H16BrN3/c22-18-11-13-19(14-12-18)25-20(15-23-24-25)21(16-7-3-1-4-8-16)17-9-5-2-6-10-17/h1-14H,15H2. The first-order valence-corrected chi connectivity index (χ1v) is 8.89. The normalized spacial score (nSPS) is 13.3. The van der Waals surface area contributed by atoms with Crippen molar-refractivity contribution in [2.75, 3.05) is 11.6 Å². The van der Waals surface area contributed by atoms with Gasteiger partial charge >= 0.3 is 0 Å². The van der Waals surface area contributed by atoms with Crippen LogP contribution < -0.4 is 5.01 Å². The van der Waals surface area contributed by atoms with E-state index in [-0.39, 0.29) is 0 Å². The number of hydrogen-bond acceptors (Lipinski definition) is 3. The van der Waals surface area contributed by atoms with Crippen LogP contribution in [0.15, 0.2) is 105 Å². The predicted octanol–water partition coefficient (Wildman–Crippen LogP) is 6.10. The molecule has 0 bridgehead atoms. The predicted molar refractivity (Wildman–Crippen MR) is 105 cm³/mol. The quantitative estimate of drug-likeness (QED) is 0.531. The van der Waals surface area contributed by atoms with Crippen LogP contribution >= 0.6 is 15.9 Å². The highest BCUT2D eigenvalue weighted by molar-refractivity contribution is 9.10. The first kappa shape index (κ1) is 15.8. The smallest absolute Gasteiger partial charge is 0.105 e. The average Bonchev–Trinajstić information content (AvgIpc) is 3.14. The molecule has 0 N–H and O–H groups in total. The van der Waals surface area contributed by atoms with Crippen molar-refractivity contribution >= 4 is 27.2 Å². The number of hydrogen-bond donors (Lipinski definition) is 0. The van der Waals surface area contributed by atoms with Crippen LogP contribution in [0.1, 0.15) is 11.1 Å². The lowest BCUT2D eigenvalue weighted by Gasteiger charge is -2.20. The molecule has 0 radical (unpaired) electrons. The summed E-state index contributed by atoms with van der Waals surface area (Å²) in [5.74, 6) is 0. The Morgan fingerprint density at radius 1 is 0.760 bits per heavy atom. The fraction of sp³-hybridized carbons (Fsp3) is 0.0476. The maximum atomic E-state index is 4.37. The van der Waals surface area contributed by atoms with Crippen molar-refractivity contribution in [3.8, 4) is 0 Å². The summed E-state index contributed by atoms with van der Waals surface area (Å²) in [7, 11) is 0. The second-order valence-electron chi connectivity index (χ2n) is 5.73. The molecule has 0 unspecified atom stereocenters. The van der Waals surface area contributed by atoms with Gasteiger partial charge < -0.3 is 0 Å². The topological polar surface area (TPSA) is 28.0 Å². The summed E-state index contributed by atoms with van der Waals surface area (Å²) < 4.78 is 1.05. The lowest BCUT2D eigenvalue weighted by molar-refractivity contribution is 1.01. The van der Waals surface area contributed by atoms with Crippen LogP contribution in [-0.2, 0) is 0 Å². The molecule has 0 spiro atoms. The van der Waals surface area contributed by atoms with E-state index in [2.05, 4.69) is 74.8 Å². The maximum absolute atomic E-state index is 4.37. The van der Waals surface area contributed by atoms with Crippen LogP contribution in [0.5, 0.6) is 0 Å². The molecule has 1 aliphatic heterocycles. The number of nitrogens with zero attached hydrogens (tertiary/aromatic N) is 3. The Hall–Kier alpha value is -2.72. The van der Waals surface area contributed by atoms with Crippen LogP contribution in [0.3, 0.4) is 0 Å². The fourth-order valence-electron chi connectivity index (χ4n) is 2.97. The van der Waals surface area contributed by atoms with Gasteiger partial charge in [-0.2, -0.15) is 5.11 Å². The van der Waals surface area contributed by atoms with Crippen LogP contribution in [0, 0.1) is 0 Å². The van der Waals surface area contributed by atoms with Crippen molar-refractivity contribution in [3.63, 3.8) is 0 Å². The molecule has 4 heteroatoms. The van der Waals surface area contributed by atoms with Crippen molar-refractivity contribution < 1.29 is 0 Å². The highest BCUT2D eigenvalue weighted by atomic mass is 79.9. The van der Waals surface area contributed by atoms with Gasteiger partial charge in [0.2, 0.25) is 0 Å². The van der Waals surface area contributed by atoms with E-state index < -0.39 is 0 Å². The SMILES string of the molecule is Brc1ccc(N2N=NCC2=C(c2ccccc2)c2ccccc2)cc1. The molecule has 0 amide bonds. The highest BCUT2D eigenvalue weighted by Crippen LogP contribution is 2.34. The average molecular weight is 390 g/mol. The van der Waals surface area contributed by atoms with E-state index in [1.165, 1.54) is 0 Å². The second kappa shape index (κ2) is 7.03. The zero-order valence-electron chi connectivity index (χ0n) is 13.5. The minimum Gasteiger partial charge on any atom is -0.217 e. The molecular formula is C21H16BrN3. The lowest BCUT2D eigenvalue weighted by atomic mass is 9.95. The Morgan fingerprint density at radius 2 is 1.32 bits per heavy atom. The Balaban J connectivity index is 1.89. The second-order valence-corrected chi connectivity index (χ2v) is 6.65. The molecule has 4 rings (SSSR count). The summed E-state index contributed by atoms with van der Waals surface area (Å²) in [6.45, 7) is 0.565. The van der Waals surface area contributed by atoms with Crippen LogP contribution in [0.2, 0.25) is 0 Å². The molecule has 0 saturated carbocycles. The van der Waals surface area contributed by atoms with Crippen LogP contribution in [0.4, 0.5) is 5.69 Å². The third-order valence-corrected chi connectivity index (χ3v) is 4.64. The van der Waals surface area contributed by atoms with Crippen LogP contribution in [0.25, 0.3) is 5.57 Å². The first-order valence-electron chi connectivity index (χ1n) is 8.10. The van der Waals surface area contributed by atoms with Gasteiger partial charge in [-0.3, -0.25) is 0 Å². The molecule has 0 fully saturated rings. The van der Waals surface area contributed by atoms with Gasteiger partial charge in [-0.15, -0.1) is 0 Å². The highest BCUT2D eigenvalue weighted by Gasteiger charge is 2.23. The van der Waals surface area contributed by atoms with Gasteiger partial charge in [0.05, 0.1) is 11.4 Å². The summed E-state index contributed by atoms with van der Waals surface area (Å²) in [6.07, 6.45) is 0. The zero-order valence-corrected chi connectivity index (χ0v) is 15.1. The van der Waals surface area contributed by atoms with Crippen molar-refractivity contribution in [1.82, 2.24) is 0 Å². The molecule has 1 aliphatic rings. The van der Waals surface area contributed by atoms with Gasteiger partial charge in [0, 0.05) is 10.0 Å². The van der Waals surface area contributed by atoms with E-state index in [9.17, 15) is 0 Å². The van der Waals surface area contributed by atoms with Gasteiger partial charge in [0.15, 0.2) is 0 Å². The zero-order chi connectivity index (χ0) is 17.1. The van der Waals surface area contributed by atoms with Gasteiger partial charge in [-0.05, 0) is 35.4 Å². The molecule has 3 aromatic rings. The third kappa shape index (κ3) is 3.26. The Kier molecular flexibility index (Phi) is 4.44. The van der Waals surface area contributed by atoms with E-state index >= 15 is 0 Å². The number of benzene rings is 3. The number of halogens is 1. The van der Waals surface area contributed by atoms with E-state index in [1.54, 1.807) is 0 Å². The minimum atomic E-state index is 0.565. The molecule has 0 atom stereocenters. The van der Waals surface area contributed by atoms with Crippen molar-refractivity contribution in [3.05, 3.63) is 106 Å². The molecule has 25 heavy (non-hydrogen) atoms. The summed E-state index contributed by atoms with van der Waals surface area (Å²) in [5.41, 5.74) is 5.58. The lowest BCUT2D eigenvalue weighted by Crippen LogP contribution is -2.14. The fourth-order valence-corrected chi connectivity index (χ4v) is 3.23. The summed E-state index contributed by atoms with van der Waals surface area (Å²) in [5, 5.41) is 10.6. The molecule has 1 heterocycles. The molecule has 3 nitrogen and oxygen atoms in total. The molecule has 3 aromatic carbocycles. The van der Waals surface area contributed by atoms with Gasteiger partial charge in [-0.1, -0.05) is 81.8 Å². The third-order valence-electron chi connectivity index (χ3n) is 4.11. The first-order chi connectivity index (χ1) is 12.3. The molecule has 0 saturated heterocycles. The molecule has 122 valence electrons. The Labute approximate surface area is 155 Å². The van der Waals surface area contributed by atoms with Crippen molar-refractivity contribution in [2.24, 2.45) is 10.3 Å². The van der Waals surface area contributed by atoms with Gasteiger partial charge in [0.25, 0.3) is 0 Å². The van der Waals surface area contributed by atoms with Crippen molar-refractivity contribution in [1.29, 1.82) is 0 Å². The molecular weight excluding hydrogens is 374 g/mol. The summed E-state index contributed by atoms with van der Waals surface area (Å²) in [4.78, 5) is 0. The van der Waals surface area contributed by atoms with Crippen LogP contribution in [-0.4, -0.2) is 6.54 Å². The summed E-state index contributed by atoms with van der Waals surface area (Å²) >= 11 is 3.49. The van der Waals surface area contributed by atoms with E-state index in [1.807, 2.05) is 41.4 Å². The molecule has 0 aromatic heterocycles. The maximum Gasteiger partial charge on any atom is 0.105 e. The Morgan fingerprint density at radius 3 is 1.88 bits per heavy atom. The van der Waals surface area contributed by atoms with Crippen molar-refractivity contribution in [2.45, 2.75) is 0 Å². The van der Waals surface area contributed by atoms with Gasteiger partial charge in [0.1, 0.15) is 6.54 Å². The van der Waals surface area contributed by atoms with E-state index in [0.29, 0.717) is 6.54 Å². The largest absolute Gasteiger partial charge is 0.217 e. The monoisotopic (exact) mass is 389 g/mol. The van der Waals surface area contributed by atoms with Gasteiger partial charge in [-0.25, -0.2) is 5.01 Å². The number of anilines is 1. The number of rotatable bonds is 3. The van der Waals surface area contributed by atoms with E-state index in [0.717, 1.165) is 32.6 Å². The van der Waals surface area contributed by atoms with E-state index in [4.69, 9.17) is 0 Å². The molecule has 0 aliphatic carbocycles. The Bertz CT molecular complexity index is 875. The summed E-state index contributed by atoms with van der Waals surface area (Å²) in [6, 6.07) is 29.0. The minimum absolute atomic E-state index is 0.565.